The van der Waals surface area contributed by atoms with Crippen LogP contribution in [0.5, 0.6) is 11.6 Å². The molecule has 2 N–H and O–H groups in total. The van der Waals surface area contributed by atoms with Crippen molar-refractivity contribution in [1.29, 1.82) is 0 Å². The predicted molar refractivity (Wildman–Crippen MR) is 132 cm³/mol. The van der Waals surface area contributed by atoms with Crippen LogP contribution in [0.2, 0.25) is 5.02 Å². The van der Waals surface area contributed by atoms with E-state index in [0.29, 0.717) is 28.3 Å². The third kappa shape index (κ3) is 6.00. The Morgan fingerprint density at radius 1 is 1.12 bits per heavy atom. The molecule has 1 aliphatic rings. The number of piperazine rings is 1. The molecule has 0 saturated carbocycles. The molecule has 1 saturated heterocycles. The van der Waals surface area contributed by atoms with Crippen molar-refractivity contribution in [2.45, 2.75) is 0 Å². The van der Waals surface area contributed by atoms with Crippen LogP contribution >= 0.6 is 11.6 Å². The summed E-state index contributed by atoms with van der Waals surface area (Å²) >= 11 is 6.57. The van der Waals surface area contributed by atoms with Gasteiger partial charge in [0.25, 0.3) is 0 Å². The number of rotatable bonds is 7. The number of hydrogen-bond donors (Lipinski definition) is 2. The van der Waals surface area contributed by atoms with Crippen LogP contribution in [0.3, 0.4) is 0 Å². The van der Waals surface area contributed by atoms with Crippen molar-refractivity contribution in [1.82, 2.24) is 14.9 Å². The summed E-state index contributed by atoms with van der Waals surface area (Å²) in [5.41, 5.74) is 2.40. The molecule has 8 nitrogen and oxygen atoms in total. The van der Waals surface area contributed by atoms with Gasteiger partial charge in [-0.2, -0.15) is 4.98 Å². The van der Waals surface area contributed by atoms with E-state index in [0.717, 1.165) is 37.6 Å². The van der Waals surface area contributed by atoms with Crippen LogP contribution in [0.25, 0.3) is 0 Å². The number of nitrogens with one attached hydrogen (secondary N) is 2. The van der Waals surface area contributed by atoms with E-state index in [9.17, 15) is 4.79 Å². The van der Waals surface area contributed by atoms with Crippen molar-refractivity contribution >= 4 is 40.5 Å². The lowest BCUT2D eigenvalue weighted by atomic mass is 10.2. The fourth-order valence-corrected chi connectivity index (χ4v) is 3.73. The number of aromatic nitrogens is 2. The number of likely N-dealkylation sites (N-methyl/N-ethyl adjacent to an activating group) is 1. The Labute approximate surface area is 197 Å². The first-order valence-electron chi connectivity index (χ1n) is 10.5. The number of hydrogen-bond acceptors (Lipinski definition) is 7. The van der Waals surface area contributed by atoms with Crippen molar-refractivity contribution in [3.05, 3.63) is 72.4 Å². The van der Waals surface area contributed by atoms with Gasteiger partial charge in [-0.25, -0.2) is 4.98 Å². The van der Waals surface area contributed by atoms with Crippen LogP contribution in [0.1, 0.15) is 0 Å². The molecule has 0 radical (unpaired) electrons. The molecule has 1 aromatic heterocycles. The van der Waals surface area contributed by atoms with Crippen LogP contribution in [0, 0.1) is 0 Å². The number of benzene rings is 2. The summed E-state index contributed by atoms with van der Waals surface area (Å²) in [5, 5.41) is 6.54. The normalized spacial score (nSPS) is 13.9. The lowest BCUT2D eigenvalue weighted by molar-refractivity contribution is -0.111. The van der Waals surface area contributed by atoms with E-state index in [1.165, 1.54) is 6.08 Å². The maximum absolute atomic E-state index is 11.5. The quantitative estimate of drug-likeness (QED) is 0.496. The van der Waals surface area contributed by atoms with Crippen molar-refractivity contribution in [2.24, 2.45) is 0 Å². The average molecular weight is 465 g/mol. The molecule has 0 spiro atoms. The van der Waals surface area contributed by atoms with Crippen molar-refractivity contribution < 1.29 is 9.53 Å². The van der Waals surface area contributed by atoms with E-state index in [1.807, 2.05) is 18.2 Å². The summed E-state index contributed by atoms with van der Waals surface area (Å²) in [6.07, 6.45) is 2.81. The van der Waals surface area contributed by atoms with Gasteiger partial charge in [-0.05, 0) is 43.5 Å². The molecule has 2 aromatic carbocycles. The first kappa shape index (κ1) is 22.6. The first-order valence-corrected chi connectivity index (χ1v) is 10.9. The van der Waals surface area contributed by atoms with Gasteiger partial charge in [-0.15, -0.1) is 0 Å². The third-order valence-electron chi connectivity index (χ3n) is 5.19. The minimum absolute atomic E-state index is 0.294. The molecule has 3 aromatic rings. The predicted octanol–water partition coefficient (Wildman–Crippen LogP) is 4.54. The molecule has 0 bridgehead atoms. The molecular formula is C24H25ClN6O2. The Morgan fingerprint density at radius 3 is 2.70 bits per heavy atom. The van der Waals surface area contributed by atoms with Crippen LogP contribution < -0.4 is 20.3 Å². The van der Waals surface area contributed by atoms with Gasteiger partial charge in [0.15, 0.2) is 0 Å². The van der Waals surface area contributed by atoms with Crippen LogP contribution in [-0.4, -0.2) is 54.0 Å². The van der Waals surface area contributed by atoms with Gasteiger partial charge in [0.05, 0.1) is 10.7 Å². The SMILES string of the molecule is C=CC(=O)Nc1cccc(Oc2ccnc(Nc3ccc(N4CCN(C)CC4)c(Cl)c3)n2)c1. The second kappa shape index (κ2) is 10.3. The maximum Gasteiger partial charge on any atom is 0.247 e. The van der Waals surface area contributed by atoms with E-state index in [4.69, 9.17) is 16.3 Å². The minimum atomic E-state index is -0.294. The third-order valence-corrected chi connectivity index (χ3v) is 5.49. The molecule has 9 heteroatoms. The topological polar surface area (TPSA) is 82.6 Å². The Morgan fingerprint density at radius 2 is 1.94 bits per heavy atom. The van der Waals surface area contributed by atoms with Crippen LogP contribution in [0.15, 0.2) is 67.4 Å². The zero-order valence-electron chi connectivity index (χ0n) is 18.3. The first-order chi connectivity index (χ1) is 16.0. The van der Waals surface area contributed by atoms with Crippen molar-refractivity contribution in [3.63, 3.8) is 0 Å². The largest absolute Gasteiger partial charge is 0.439 e. The number of amides is 1. The number of halogens is 1. The zero-order valence-corrected chi connectivity index (χ0v) is 19.0. The Balaban J connectivity index is 1.43. The molecule has 170 valence electrons. The van der Waals surface area contributed by atoms with Crippen LogP contribution in [0.4, 0.5) is 23.0 Å². The van der Waals surface area contributed by atoms with Gasteiger partial charge in [0.1, 0.15) is 5.75 Å². The standard InChI is InChI=1S/C24H25ClN6O2/c1-3-22(32)27-17-5-4-6-19(15-17)33-23-9-10-26-24(29-23)28-18-7-8-21(20(25)16-18)31-13-11-30(2)12-14-31/h3-10,15-16H,1,11-14H2,2H3,(H,27,32)(H,26,28,29). The smallest absolute Gasteiger partial charge is 0.247 e. The summed E-state index contributed by atoms with van der Waals surface area (Å²) in [6.45, 7) is 7.37. The van der Waals surface area contributed by atoms with E-state index in [-0.39, 0.29) is 5.91 Å². The molecule has 1 amide bonds. The molecule has 0 atom stereocenters. The number of ether oxygens (including phenoxy) is 1. The highest BCUT2D eigenvalue weighted by molar-refractivity contribution is 6.33. The molecule has 1 fully saturated rings. The zero-order chi connectivity index (χ0) is 23.2. The highest BCUT2D eigenvalue weighted by Crippen LogP contribution is 2.31. The monoisotopic (exact) mass is 464 g/mol. The summed E-state index contributed by atoms with van der Waals surface area (Å²) in [4.78, 5) is 24.8. The van der Waals surface area contributed by atoms with Gasteiger partial charge in [0, 0.05) is 55.9 Å². The average Bonchev–Trinajstić information content (AvgIpc) is 2.80. The second-order valence-electron chi connectivity index (χ2n) is 7.62. The van der Waals surface area contributed by atoms with Gasteiger partial charge in [0.2, 0.25) is 17.7 Å². The molecule has 0 unspecified atom stereocenters. The Kier molecular flexibility index (Phi) is 7.07. The number of carbonyl (C=O) groups excluding carboxylic acids is 1. The van der Waals surface area contributed by atoms with Gasteiger partial charge >= 0.3 is 0 Å². The summed E-state index contributed by atoms with van der Waals surface area (Å²) in [7, 11) is 2.13. The lowest BCUT2D eigenvalue weighted by Crippen LogP contribution is -2.44. The minimum Gasteiger partial charge on any atom is -0.439 e. The number of carbonyl (C=O) groups is 1. The molecule has 0 aliphatic carbocycles. The molecule has 33 heavy (non-hydrogen) atoms. The van der Waals surface area contributed by atoms with Crippen molar-refractivity contribution in [2.75, 3.05) is 48.8 Å². The summed E-state index contributed by atoms with van der Waals surface area (Å²) in [5.74, 6) is 0.978. The summed E-state index contributed by atoms with van der Waals surface area (Å²) < 4.78 is 5.84. The lowest BCUT2D eigenvalue weighted by Gasteiger charge is -2.34. The van der Waals surface area contributed by atoms with Gasteiger partial charge in [-0.3, -0.25) is 4.79 Å². The van der Waals surface area contributed by atoms with E-state index >= 15 is 0 Å². The second-order valence-corrected chi connectivity index (χ2v) is 8.03. The van der Waals surface area contributed by atoms with E-state index in [2.05, 4.69) is 44.0 Å². The summed E-state index contributed by atoms with van der Waals surface area (Å²) in [6, 6.07) is 14.5. The highest BCUT2D eigenvalue weighted by Gasteiger charge is 2.17. The van der Waals surface area contributed by atoms with Gasteiger partial charge < -0.3 is 25.2 Å². The molecule has 1 aliphatic heterocycles. The molecule has 4 rings (SSSR count). The van der Waals surface area contributed by atoms with E-state index < -0.39 is 0 Å². The molecular weight excluding hydrogens is 440 g/mol. The fraction of sp³-hybridized carbons (Fsp3) is 0.208. The Bertz CT molecular complexity index is 1150. The molecule has 2 heterocycles. The number of anilines is 4. The van der Waals surface area contributed by atoms with Gasteiger partial charge in [-0.1, -0.05) is 24.2 Å². The Hall–Kier alpha value is -3.62. The van der Waals surface area contributed by atoms with Crippen LogP contribution in [-0.2, 0) is 4.79 Å². The van der Waals surface area contributed by atoms with Crippen molar-refractivity contribution in [3.8, 4) is 11.6 Å². The van der Waals surface area contributed by atoms with E-state index in [1.54, 1.807) is 36.5 Å². The maximum atomic E-state index is 11.5. The number of nitrogens with zero attached hydrogens (tertiary/aromatic N) is 4. The fourth-order valence-electron chi connectivity index (χ4n) is 3.43. The highest BCUT2D eigenvalue weighted by atomic mass is 35.5.